The van der Waals surface area contributed by atoms with Gasteiger partial charge in [-0.05, 0) is 11.7 Å². The van der Waals surface area contributed by atoms with E-state index in [9.17, 15) is 4.21 Å². The van der Waals surface area contributed by atoms with Crippen molar-refractivity contribution >= 4 is 32.4 Å². The summed E-state index contributed by atoms with van der Waals surface area (Å²) >= 11 is 0. The predicted molar refractivity (Wildman–Crippen MR) is 49.2 cm³/mol. The highest BCUT2D eigenvalue weighted by atomic mass is 33.1. The van der Waals surface area contributed by atoms with Crippen molar-refractivity contribution in [2.24, 2.45) is 0 Å². The summed E-state index contributed by atoms with van der Waals surface area (Å²) in [5.41, 5.74) is 0. The van der Waals surface area contributed by atoms with Gasteiger partial charge in [-0.1, -0.05) is 27.7 Å². The first-order chi connectivity index (χ1) is 4.27. The topological polar surface area (TPSA) is 17.1 Å². The molecule has 4 heteroatoms. The summed E-state index contributed by atoms with van der Waals surface area (Å²) in [4.78, 5) is 0. The molecule has 0 bridgehead atoms. The third-order valence-corrected chi connectivity index (χ3v) is 2.65. The maximum absolute atomic E-state index is 10.5. The van der Waals surface area contributed by atoms with E-state index in [0.29, 0.717) is 5.75 Å². The fourth-order valence-electron chi connectivity index (χ4n) is 0.270. The van der Waals surface area contributed by atoms with Crippen LogP contribution < -0.4 is 0 Å². The van der Waals surface area contributed by atoms with E-state index in [1.807, 2.05) is 17.7 Å². The van der Waals surface area contributed by atoms with Crippen LogP contribution in [0.5, 0.6) is 0 Å². The van der Waals surface area contributed by atoms with Gasteiger partial charge in [0.25, 0.3) is 0 Å². The van der Waals surface area contributed by atoms with Crippen molar-refractivity contribution in [1.82, 2.24) is 0 Å². The van der Waals surface area contributed by atoms with Gasteiger partial charge in [0.15, 0.2) is 0 Å². The van der Waals surface area contributed by atoms with Gasteiger partial charge in [-0.15, -0.1) is 0 Å². The summed E-state index contributed by atoms with van der Waals surface area (Å²) in [7, 11) is 2.66. The Balaban J connectivity index is 3.14. The zero-order valence-corrected chi connectivity index (χ0v) is 7.94. The van der Waals surface area contributed by atoms with Crippen LogP contribution in [0, 0.1) is 0 Å². The van der Waals surface area contributed by atoms with Gasteiger partial charge in [0.05, 0.1) is 0 Å². The zero-order valence-electron chi connectivity index (χ0n) is 5.49. The van der Waals surface area contributed by atoms with E-state index in [2.05, 4.69) is 0 Å². The van der Waals surface area contributed by atoms with Crippen molar-refractivity contribution in [3.8, 4) is 0 Å². The second kappa shape index (κ2) is 6.71. The smallest absolute Gasteiger partial charge is 0.0420 e. The Morgan fingerprint density at radius 3 is 2.78 bits per heavy atom. The first kappa shape index (κ1) is 9.59. The molecule has 0 amide bonds. The Hall–Kier alpha value is 0.590. The van der Waals surface area contributed by atoms with E-state index in [1.165, 1.54) is 0 Å². The second-order valence-corrected chi connectivity index (χ2v) is 5.23. The van der Waals surface area contributed by atoms with Gasteiger partial charge in [-0.2, -0.15) is 0 Å². The molecule has 0 N–H and O–H groups in total. The fourth-order valence-corrected chi connectivity index (χ4v) is 1.61. The van der Waals surface area contributed by atoms with Crippen molar-refractivity contribution < 1.29 is 4.21 Å². The fraction of sp³-hybridized carbons (Fsp3) is 0.600. The Labute approximate surface area is 66.5 Å². The van der Waals surface area contributed by atoms with E-state index < -0.39 is 10.8 Å². The van der Waals surface area contributed by atoms with Crippen molar-refractivity contribution in [1.29, 1.82) is 0 Å². The first-order valence-electron chi connectivity index (χ1n) is 2.42. The van der Waals surface area contributed by atoms with Gasteiger partial charge < -0.3 is 0 Å². The summed E-state index contributed by atoms with van der Waals surface area (Å²) in [5.74, 6) is 0.674. The van der Waals surface area contributed by atoms with E-state index in [1.54, 1.807) is 27.8 Å². The standard InChI is InChI=1S/C5H10OS3/c1-7-8-4-3-5-9(2)6/h3-4H,5H2,1-2H3/b4-3+. The summed E-state index contributed by atoms with van der Waals surface area (Å²) in [5, 5.41) is 1.96. The molecule has 0 aromatic heterocycles. The summed E-state index contributed by atoms with van der Waals surface area (Å²) in [6.07, 6.45) is 5.64. The third-order valence-electron chi connectivity index (χ3n) is 0.579. The Kier molecular flexibility index (Phi) is 7.15. The highest BCUT2D eigenvalue weighted by Gasteiger charge is 1.81. The Bertz CT molecular complexity index is 111. The van der Waals surface area contributed by atoms with Gasteiger partial charge in [0.1, 0.15) is 0 Å². The molecule has 0 fully saturated rings. The van der Waals surface area contributed by atoms with E-state index in [0.717, 1.165) is 0 Å². The molecule has 0 aliphatic heterocycles. The highest BCUT2D eigenvalue weighted by Crippen LogP contribution is 2.17. The van der Waals surface area contributed by atoms with Gasteiger partial charge in [-0.25, -0.2) is 0 Å². The molecule has 0 aromatic rings. The molecular weight excluding hydrogens is 172 g/mol. The van der Waals surface area contributed by atoms with E-state index in [-0.39, 0.29) is 0 Å². The van der Waals surface area contributed by atoms with Gasteiger partial charge in [-0.3, -0.25) is 4.21 Å². The largest absolute Gasteiger partial charge is 0.260 e. The van der Waals surface area contributed by atoms with Crippen molar-refractivity contribution in [3.63, 3.8) is 0 Å². The van der Waals surface area contributed by atoms with Crippen LogP contribution in [0.4, 0.5) is 0 Å². The van der Waals surface area contributed by atoms with Crippen LogP contribution in [0.25, 0.3) is 0 Å². The number of hydrogen-bond acceptors (Lipinski definition) is 3. The highest BCUT2D eigenvalue weighted by molar-refractivity contribution is 8.77. The molecule has 1 nitrogen and oxygen atoms in total. The molecule has 0 saturated heterocycles. The summed E-state index contributed by atoms with van der Waals surface area (Å²) in [6.45, 7) is 0. The SMILES string of the molecule is CSS/C=C/CS(C)=O. The lowest BCUT2D eigenvalue weighted by atomic mass is 10.8. The molecular formula is C5H10OS3. The lowest BCUT2D eigenvalue weighted by molar-refractivity contribution is 0.688. The summed E-state index contributed by atoms with van der Waals surface area (Å²) in [6, 6.07) is 0. The number of rotatable bonds is 4. The average Bonchev–Trinajstić information content (AvgIpc) is 1.80. The van der Waals surface area contributed by atoms with Crippen molar-refractivity contribution in [2.75, 3.05) is 18.3 Å². The minimum Gasteiger partial charge on any atom is -0.260 e. The quantitative estimate of drug-likeness (QED) is 0.618. The minimum atomic E-state index is -0.678. The lowest BCUT2D eigenvalue weighted by Crippen LogP contribution is -1.86. The average molecular weight is 182 g/mol. The molecule has 0 rings (SSSR count). The zero-order chi connectivity index (χ0) is 7.11. The van der Waals surface area contributed by atoms with Crippen LogP contribution >= 0.6 is 21.6 Å². The molecule has 0 saturated carbocycles. The second-order valence-electron chi connectivity index (χ2n) is 1.37. The van der Waals surface area contributed by atoms with Crippen LogP contribution in [-0.4, -0.2) is 22.5 Å². The van der Waals surface area contributed by atoms with Gasteiger partial charge >= 0.3 is 0 Å². The molecule has 0 heterocycles. The molecule has 54 valence electrons. The molecule has 1 unspecified atom stereocenters. The molecule has 0 aliphatic carbocycles. The maximum atomic E-state index is 10.5. The number of hydrogen-bond donors (Lipinski definition) is 0. The van der Waals surface area contributed by atoms with Crippen LogP contribution in [0.3, 0.4) is 0 Å². The monoisotopic (exact) mass is 182 g/mol. The Morgan fingerprint density at radius 2 is 2.33 bits per heavy atom. The molecule has 0 radical (unpaired) electrons. The predicted octanol–water partition coefficient (Wildman–Crippen LogP) is 1.89. The van der Waals surface area contributed by atoms with E-state index >= 15 is 0 Å². The molecule has 0 aromatic carbocycles. The van der Waals surface area contributed by atoms with Crippen LogP contribution in [0.2, 0.25) is 0 Å². The third kappa shape index (κ3) is 8.59. The maximum Gasteiger partial charge on any atom is 0.0420 e. The molecule has 1 atom stereocenters. The summed E-state index contributed by atoms with van der Waals surface area (Å²) < 4.78 is 10.5. The Morgan fingerprint density at radius 1 is 1.67 bits per heavy atom. The molecule has 0 spiro atoms. The van der Waals surface area contributed by atoms with Crippen LogP contribution in [0.15, 0.2) is 11.5 Å². The molecule has 9 heavy (non-hydrogen) atoms. The molecule has 0 aliphatic rings. The van der Waals surface area contributed by atoms with Gasteiger partial charge in [0, 0.05) is 22.8 Å². The van der Waals surface area contributed by atoms with Gasteiger partial charge in [0.2, 0.25) is 0 Å². The minimum absolute atomic E-state index is 0.674. The normalized spacial score (nSPS) is 14.4. The van der Waals surface area contributed by atoms with Crippen molar-refractivity contribution in [2.45, 2.75) is 0 Å². The van der Waals surface area contributed by atoms with Crippen LogP contribution in [0.1, 0.15) is 0 Å². The lowest BCUT2D eigenvalue weighted by Gasteiger charge is -1.84. The van der Waals surface area contributed by atoms with Crippen LogP contribution in [-0.2, 0) is 10.8 Å². The first-order valence-corrected chi connectivity index (χ1v) is 6.76. The van der Waals surface area contributed by atoms with Crippen molar-refractivity contribution in [3.05, 3.63) is 11.5 Å². The van der Waals surface area contributed by atoms with E-state index in [4.69, 9.17) is 0 Å².